The Morgan fingerprint density at radius 3 is 2.72 bits per heavy atom. The lowest BCUT2D eigenvalue weighted by molar-refractivity contribution is 0.0944. The van der Waals surface area contributed by atoms with Crippen LogP contribution in [0.25, 0.3) is 5.69 Å². The molecule has 1 atom stereocenters. The van der Waals surface area contributed by atoms with Crippen LogP contribution in [-0.4, -0.2) is 28.3 Å². The Bertz CT molecular complexity index is 770. The van der Waals surface area contributed by atoms with E-state index in [1.54, 1.807) is 16.8 Å². The minimum atomic E-state index is -0.283. The van der Waals surface area contributed by atoms with Gasteiger partial charge in [0.1, 0.15) is 5.82 Å². The molecule has 1 saturated carbocycles. The molecule has 1 aromatic heterocycles. The van der Waals surface area contributed by atoms with Gasteiger partial charge >= 0.3 is 0 Å². The monoisotopic (exact) mass is 364 g/mol. The minimum absolute atomic E-state index is 0. The average molecular weight is 365 g/mol. The van der Waals surface area contributed by atoms with E-state index >= 15 is 0 Å². The molecule has 1 fully saturated rings. The van der Waals surface area contributed by atoms with Crippen LogP contribution in [0.4, 0.5) is 4.39 Å². The lowest BCUT2D eigenvalue weighted by atomic mass is 10.1. The summed E-state index contributed by atoms with van der Waals surface area (Å²) in [5, 5.41) is 7.44. The Morgan fingerprint density at radius 2 is 2.04 bits per heavy atom. The van der Waals surface area contributed by atoms with Crippen molar-refractivity contribution >= 4 is 18.3 Å². The summed E-state index contributed by atoms with van der Waals surface area (Å²) in [6, 6.07) is 6.22. The summed E-state index contributed by atoms with van der Waals surface area (Å²) >= 11 is 0. The van der Waals surface area contributed by atoms with Crippen LogP contribution in [0.15, 0.2) is 24.3 Å². The Hall–Kier alpha value is -1.92. The fourth-order valence-corrected chi connectivity index (χ4v) is 3.40. The van der Waals surface area contributed by atoms with Crippen molar-refractivity contribution in [2.45, 2.75) is 38.1 Å². The van der Waals surface area contributed by atoms with Crippen molar-refractivity contribution in [3.63, 3.8) is 0 Å². The third kappa shape index (κ3) is 3.55. The number of carbonyl (C=O) groups is 1. The van der Waals surface area contributed by atoms with Gasteiger partial charge in [0.15, 0.2) is 5.69 Å². The Morgan fingerprint density at radius 1 is 1.32 bits per heavy atom. The molecule has 5 nitrogen and oxygen atoms in total. The zero-order chi connectivity index (χ0) is 16.7. The van der Waals surface area contributed by atoms with Crippen molar-refractivity contribution in [2.24, 2.45) is 11.7 Å². The van der Waals surface area contributed by atoms with Crippen LogP contribution in [0.2, 0.25) is 0 Å². The first-order valence-electron chi connectivity index (χ1n) is 8.54. The number of hydrogen-bond acceptors (Lipinski definition) is 3. The molecule has 2 aliphatic carbocycles. The number of rotatable bonds is 5. The predicted molar refractivity (Wildman–Crippen MR) is 95.8 cm³/mol. The standard InChI is InChI=1S/C18H21FN4O.ClH/c19-12-6-8-13(9-7-12)23-16-3-1-2-14(16)17(22-23)18(24)21-10-15(20)11-4-5-11;/h6-9,11,15H,1-5,10,20H2,(H,21,24);1H. The molecule has 0 aliphatic heterocycles. The van der Waals surface area contributed by atoms with Gasteiger partial charge in [-0.25, -0.2) is 9.07 Å². The first-order valence-corrected chi connectivity index (χ1v) is 8.54. The first kappa shape index (κ1) is 17.9. The molecule has 0 saturated heterocycles. The third-order valence-electron chi connectivity index (χ3n) is 4.94. The van der Waals surface area contributed by atoms with Gasteiger partial charge in [0.2, 0.25) is 0 Å². The van der Waals surface area contributed by atoms with Crippen LogP contribution < -0.4 is 11.1 Å². The van der Waals surface area contributed by atoms with E-state index in [4.69, 9.17) is 5.73 Å². The van der Waals surface area contributed by atoms with Gasteiger partial charge < -0.3 is 11.1 Å². The molecule has 0 spiro atoms. The van der Waals surface area contributed by atoms with Crippen molar-refractivity contribution in [1.82, 2.24) is 15.1 Å². The highest BCUT2D eigenvalue weighted by atomic mass is 35.5. The quantitative estimate of drug-likeness (QED) is 0.855. The molecular formula is C18H22ClFN4O. The number of nitrogens with zero attached hydrogens (tertiary/aromatic N) is 2. The number of nitrogens with one attached hydrogen (secondary N) is 1. The number of amides is 1. The maximum Gasteiger partial charge on any atom is 0.272 e. The van der Waals surface area contributed by atoms with Gasteiger partial charge in [-0.1, -0.05) is 0 Å². The normalized spacial score (nSPS) is 16.9. The van der Waals surface area contributed by atoms with Crippen LogP contribution in [-0.2, 0) is 12.8 Å². The SMILES string of the molecule is Cl.NC(CNC(=O)c1nn(-c2ccc(F)cc2)c2c1CCC2)C1CC1. The Labute approximate surface area is 152 Å². The molecule has 1 unspecified atom stereocenters. The number of halogens is 2. The number of carbonyl (C=O) groups excluding carboxylic acids is 1. The van der Waals surface area contributed by atoms with Crippen molar-refractivity contribution in [2.75, 3.05) is 6.54 Å². The molecule has 3 N–H and O–H groups in total. The van der Waals surface area contributed by atoms with E-state index < -0.39 is 0 Å². The summed E-state index contributed by atoms with van der Waals surface area (Å²) in [5.41, 5.74) is 9.38. The van der Waals surface area contributed by atoms with E-state index in [9.17, 15) is 9.18 Å². The topological polar surface area (TPSA) is 72.9 Å². The molecule has 25 heavy (non-hydrogen) atoms. The van der Waals surface area contributed by atoms with E-state index in [-0.39, 0.29) is 30.2 Å². The predicted octanol–water partition coefficient (Wildman–Crippen LogP) is 2.39. The molecule has 7 heteroatoms. The van der Waals surface area contributed by atoms with Crippen molar-refractivity contribution in [1.29, 1.82) is 0 Å². The summed E-state index contributed by atoms with van der Waals surface area (Å²) in [5.74, 6) is 0.104. The molecule has 2 aliphatic rings. The number of fused-ring (bicyclic) bond motifs is 1. The van der Waals surface area contributed by atoms with Crippen LogP contribution in [0.1, 0.15) is 41.0 Å². The number of benzene rings is 1. The number of nitrogens with two attached hydrogens (primary N) is 1. The van der Waals surface area contributed by atoms with Crippen molar-refractivity contribution in [3.05, 3.63) is 47.0 Å². The fourth-order valence-electron chi connectivity index (χ4n) is 3.40. The summed E-state index contributed by atoms with van der Waals surface area (Å²) in [6.07, 6.45) is 5.07. The highest BCUT2D eigenvalue weighted by molar-refractivity contribution is 5.94. The number of aromatic nitrogens is 2. The van der Waals surface area contributed by atoms with E-state index in [2.05, 4.69) is 10.4 Å². The van der Waals surface area contributed by atoms with Crippen molar-refractivity contribution < 1.29 is 9.18 Å². The van der Waals surface area contributed by atoms with Gasteiger partial charge in [-0.05, 0) is 62.3 Å². The summed E-state index contributed by atoms with van der Waals surface area (Å²) in [4.78, 5) is 12.5. The maximum atomic E-state index is 13.2. The average Bonchev–Trinajstić information content (AvgIpc) is 3.22. The van der Waals surface area contributed by atoms with Gasteiger partial charge in [0.25, 0.3) is 5.91 Å². The molecular weight excluding hydrogens is 343 g/mol. The second kappa shape index (κ2) is 7.14. The largest absolute Gasteiger partial charge is 0.349 e. The van der Waals surface area contributed by atoms with E-state index in [0.717, 1.165) is 49.0 Å². The lowest BCUT2D eigenvalue weighted by Gasteiger charge is -2.11. The first-order chi connectivity index (χ1) is 11.6. The van der Waals surface area contributed by atoms with E-state index in [0.29, 0.717) is 18.2 Å². The van der Waals surface area contributed by atoms with Gasteiger partial charge in [-0.3, -0.25) is 4.79 Å². The van der Waals surface area contributed by atoms with Gasteiger partial charge in [-0.15, -0.1) is 12.4 Å². The molecule has 2 aromatic rings. The zero-order valence-corrected chi connectivity index (χ0v) is 14.7. The fraction of sp³-hybridized carbons (Fsp3) is 0.444. The highest BCUT2D eigenvalue weighted by Gasteiger charge is 2.30. The number of hydrogen-bond donors (Lipinski definition) is 2. The molecule has 1 amide bonds. The summed E-state index contributed by atoms with van der Waals surface area (Å²) in [7, 11) is 0. The van der Waals surface area contributed by atoms with E-state index in [1.165, 1.54) is 12.1 Å². The van der Waals surface area contributed by atoms with Crippen molar-refractivity contribution in [3.8, 4) is 5.69 Å². The van der Waals surface area contributed by atoms with Crippen LogP contribution in [0.3, 0.4) is 0 Å². The van der Waals surface area contributed by atoms with Gasteiger partial charge in [0, 0.05) is 23.8 Å². The summed E-state index contributed by atoms with van der Waals surface area (Å²) < 4.78 is 14.9. The lowest BCUT2D eigenvalue weighted by Crippen LogP contribution is -2.39. The molecule has 0 radical (unpaired) electrons. The molecule has 0 bridgehead atoms. The summed E-state index contributed by atoms with van der Waals surface area (Å²) in [6.45, 7) is 0.488. The second-order valence-corrected chi connectivity index (χ2v) is 6.73. The third-order valence-corrected chi connectivity index (χ3v) is 4.94. The highest BCUT2D eigenvalue weighted by Crippen LogP contribution is 2.31. The van der Waals surface area contributed by atoms with E-state index in [1.807, 2.05) is 0 Å². The van der Waals surface area contributed by atoms with Crippen LogP contribution >= 0.6 is 12.4 Å². The zero-order valence-electron chi connectivity index (χ0n) is 13.9. The molecule has 1 aromatic carbocycles. The van der Waals surface area contributed by atoms with Crippen LogP contribution in [0.5, 0.6) is 0 Å². The molecule has 1 heterocycles. The van der Waals surface area contributed by atoms with Gasteiger partial charge in [0.05, 0.1) is 5.69 Å². The smallest absolute Gasteiger partial charge is 0.272 e. The Balaban J connectivity index is 0.00000182. The maximum absolute atomic E-state index is 13.2. The van der Waals surface area contributed by atoms with Crippen LogP contribution in [0, 0.1) is 11.7 Å². The second-order valence-electron chi connectivity index (χ2n) is 6.73. The minimum Gasteiger partial charge on any atom is -0.349 e. The van der Waals surface area contributed by atoms with Gasteiger partial charge in [-0.2, -0.15) is 5.10 Å². The molecule has 134 valence electrons. The molecule has 4 rings (SSSR count). The Kier molecular flexibility index (Phi) is 5.11.